The summed E-state index contributed by atoms with van der Waals surface area (Å²) in [5.41, 5.74) is 5.12. The van der Waals surface area contributed by atoms with E-state index < -0.39 is 10.0 Å². The third-order valence-corrected chi connectivity index (χ3v) is 9.39. The molecule has 0 unspecified atom stereocenters. The van der Waals surface area contributed by atoms with Gasteiger partial charge in [-0.05, 0) is 55.5 Å². The van der Waals surface area contributed by atoms with Gasteiger partial charge < -0.3 is 15.0 Å². The summed E-state index contributed by atoms with van der Waals surface area (Å²) < 4.78 is 30.7. The lowest BCUT2D eigenvalue weighted by Crippen LogP contribution is -2.52. The van der Waals surface area contributed by atoms with Crippen LogP contribution in [0.5, 0.6) is 5.75 Å². The molecule has 9 nitrogen and oxygen atoms in total. The molecule has 0 atom stereocenters. The molecular formula is C28H34N6O3S. The van der Waals surface area contributed by atoms with Gasteiger partial charge in [-0.3, -0.25) is 9.88 Å². The summed E-state index contributed by atoms with van der Waals surface area (Å²) in [5, 5.41) is 6.07. The highest BCUT2D eigenvalue weighted by atomic mass is 32.2. The second kappa shape index (κ2) is 10.2. The van der Waals surface area contributed by atoms with Crippen LogP contribution in [0.15, 0.2) is 48.9 Å². The number of piperazine rings is 1. The van der Waals surface area contributed by atoms with Gasteiger partial charge in [-0.15, -0.1) is 0 Å². The van der Waals surface area contributed by atoms with E-state index in [0.717, 1.165) is 83.3 Å². The zero-order chi connectivity index (χ0) is 26.3. The average molecular weight is 535 g/mol. The molecule has 2 fully saturated rings. The number of methoxy groups -OCH3 is 1. The second-order valence-electron chi connectivity index (χ2n) is 10.4. The molecule has 0 bridgehead atoms. The second-order valence-corrected chi connectivity index (χ2v) is 12.4. The molecule has 4 heterocycles. The molecule has 10 heteroatoms. The number of sulfonamides is 1. The number of nitrogens with zero attached hydrogens (tertiary/aromatic N) is 4. The molecule has 1 aliphatic carbocycles. The minimum absolute atomic E-state index is 0.393. The van der Waals surface area contributed by atoms with Crippen molar-refractivity contribution in [2.24, 2.45) is 0 Å². The molecule has 1 aromatic carbocycles. The molecule has 1 saturated carbocycles. The SMILES string of the molecule is COc1cncc(-c2ccc3[nH]c4nccc(N[C@H]5CC[C@H](N6CCN(S(C)(=O)=O)CC6)CC5)c4c3c2)c1. The van der Waals surface area contributed by atoms with Gasteiger partial charge in [-0.25, -0.2) is 13.4 Å². The summed E-state index contributed by atoms with van der Waals surface area (Å²) in [4.78, 5) is 14.9. The monoisotopic (exact) mass is 534 g/mol. The van der Waals surface area contributed by atoms with Gasteiger partial charge >= 0.3 is 0 Å². The van der Waals surface area contributed by atoms with Crippen molar-refractivity contribution in [1.82, 2.24) is 24.2 Å². The Morgan fingerprint density at radius 3 is 2.53 bits per heavy atom. The standard InChI is InChI=1S/C28H34N6O3S/c1-37-23-15-20(17-29-18-23)19-3-8-25-24(16-19)27-26(9-10-30-28(27)32-25)31-21-4-6-22(7-5-21)33-11-13-34(14-12-33)38(2,35)36/h3,8-10,15-18,21-22H,4-7,11-14H2,1-2H3,(H2,30,31,32)/t21-,22-. The first-order valence-corrected chi connectivity index (χ1v) is 15.1. The lowest BCUT2D eigenvalue weighted by Gasteiger charge is -2.41. The van der Waals surface area contributed by atoms with Crippen LogP contribution in [0, 0.1) is 0 Å². The number of rotatable bonds is 6. The van der Waals surface area contributed by atoms with Crippen LogP contribution in [-0.4, -0.2) is 84.2 Å². The van der Waals surface area contributed by atoms with Crippen LogP contribution in [0.25, 0.3) is 33.1 Å². The highest BCUT2D eigenvalue weighted by Crippen LogP contribution is 2.35. The number of H-pyrrole nitrogens is 1. The summed E-state index contributed by atoms with van der Waals surface area (Å²) in [6.07, 6.45) is 11.1. The molecule has 4 aromatic rings. The molecule has 0 radical (unpaired) electrons. The molecule has 2 N–H and O–H groups in total. The fourth-order valence-corrected chi connectivity index (χ4v) is 6.84. The van der Waals surface area contributed by atoms with Gasteiger partial charge in [-0.1, -0.05) is 6.07 Å². The zero-order valence-corrected chi connectivity index (χ0v) is 22.7. The van der Waals surface area contributed by atoms with Crippen LogP contribution in [0.1, 0.15) is 25.7 Å². The molecule has 200 valence electrons. The van der Waals surface area contributed by atoms with E-state index in [-0.39, 0.29) is 0 Å². The first kappa shape index (κ1) is 25.1. The van der Waals surface area contributed by atoms with Crippen molar-refractivity contribution in [3.8, 4) is 16.9 Å². The van der Waals surface area contributed by atoms with Crippen molar-refractivity contribution >= 4 is 37.6 Å². The van der Waals surface area contributed by atoms with Crippen LogP contribution in [0.4, 0.5) is 5.69 Å². The summed E-state index contributed by atoms with van der Waals surface area (Å²) in [6.45, 7) is 2.84. The Labute approximate surface area is 223 Å². The van der Waals surface area contributed by atoms with Crippen LogP contribution in [0.2, 0.25) is 0 Å². The number of aromatic nitrogens is 3. The third-order valence-electron chi connectivity index (χ3n) is 8.09. The Kier molecular flexibility index (Phi) is 6.71. The number of aromatic amines is 1. The number of hydrogen-bond donors (Lipinski definition) is 2. The molecule has 0 spiro atoms. The van der Waals surface area contributed by atoms with Gasteiger partial charge in [0, 0.05) is 78.2 Å². The lowest BCUT2D eigenvalue weighted by molar-refractivity contribution is 0.109. The Bertz CT molecular complexity index is 1550. The van der Waals surface area contributed by atoms with Crippen LogP contribution >= 0.6 is 0 Å². The van der Waals surface area contributed by atoms with E-state index in [2.05, 4.69) is 49.4 Å². The minimum atomic E-state index is -3.09. The molecule has 0 amide bonds. The van der Waals surface area contributed by atoms with E-state index in [1.54, 1.807) is 17.6 Å². The maximum Gasteiger partial charge on any atom is 0.211 e. The quantitative estimate of drug-likeness (QED) is 0.384. The van der Waals surface area contributed by atoms with E-state index in [1.165, 1.54) is 6.26 Å². The van der Waals surface area contributed by atoms with Crippen LogP contribution in [0.3, 0.4) is 0 Å². The van der Waals surface area contributed by atoms with Crippen molar-refractivity contribution in [3.05, 3.63) is 48.9 Å². The molecule has 1 saturated heterocycles. The number of ether oxygens (including phenoxy) is 1. The first-order chi connectivity index (χ1) is 18.4. The topological polar surface area (TPSA) is 103 Å². The number of benzene rings is 1. The predicted molar refractivity (Wildman–Crippen MR) is 151 cm³/mol. The summed E-state index contributed by atoms with van der Waals surface area (Å²) >= 11 is 0. The number of nitrogens with one attached hydrogen (secondary N) is 2. The highest BCUT2D eigenvalue weighted by Gasteiger charge is 2.30. The van der Waals surface area contributed by atoms with Crippen molar-refractivity contribution in [2.75, 3.05) is 44.9 Å². The van der Waals surface area contributed by atoms with Crippen molar-refractivity contribution < 1.29 is 13.2 Å². The van der Waals surface area contributed by atoms with Gasteiger partial charge in [0.05, 0.1) is 19.6 Å². The summed E-state index contributed by atoms with van der Waals surface area (Å²) in [7, 11) is -1.44. The van der Waals surface area contributed by atoms with Gasteiger partial charge in [0.15, 0.2) is 0 Å². The average Bonchev–Trinajstić information content (AvgIpc) is 3.32. The van der Waals surface area contributed by atoms with Crippen molar-refractivity contribution in [1.29, 1.82) is 0 Å². The number of hydrogen-bond acceptors (Lipinski definition) is 7. The van der Waals surface area contributed by atoms with E-state index in [1.807, 2.05) is 18.5 Å². The predicted octanol–water partition coefficient (Wildman–Crippen LogP) is 4.09. The van der Waals surface area contributed by atoms with Gasteiger partial charge in [0.1, 0.15) is 11.4 Å². The van der Waals surface area contributed by atoms with Gasteiger partial charge in [0.25, 0.3) is 0 Å². The van der Waals surface area contributed by atoms with E-state index in [9.17, 15) is 8.42 Å². The molecule has 38 heavy (non-hydrogen) atoms. The fourth-order valence-electron chi connectivity index (χ4n) is 6.01. The van der Waals surface area contributed by atoms with E-state index in [4.69, 9.17) is 4.74 Å². The summed E-state index contributed by atoms with van der Waals surface area (Å²) in [5.74, 6) is 0.735. The first-order valence-electron chi connectivity index (χ1n) is 13.2. The number of anilines is 1. The van der Waals surface area contributed by atoms with Crippen molar-refractivity contribution in [2.45, 2.75) is 37.8 Å². The van der Waals surface area contributed by atoms with Crippen molar-refractivity contribution in [3.63, 3.8) is 0 Å². The largest absolute Gasteiger partial charge is 0.495 e. The molecule has 2 aliphatic rings. The zero-order valence-electron chi connectivity index (χ0n) is 21.9. The number of fused-ring (bicyclic) bond motifs is 3. The van der Waals surface area contributed by atoms with Gasteiger partial charge in [0.2, 0.25) is 10.0 Å². The van der Waals surface area contributed by atoms with Gasteiger partial charge in [-0.2, -0.15) is 4.31 Å². The summed E-state index contributed by atoms with van der Waals surface area (Å²) in [6, 6.07) is 11.4. The van der Waals surface area contributed by atoms with E-state index >= 15 is 0 Å². The lowest BCUT2D eigenvalue weighted by atomic mass is 9.89. The minimum Gasteiger partial charge on any atom is -0.495 e. The Morgan fingerprint density at radius 2 is 1.79 bits per heavy atom. The normalized spacial score (nSPS) is 21.6. The molecule has 1 aliphatic heterocycles. The highest BCUT2D eigenvalue weighted by molar-refractivity contribution is 7.88. The Morgan fingerprint density at radius 1 is 1.00 bits per heavy atom. The molecule has 3 aromatic heterocycles. The number of pyridine rings is 2. The molecular weight excluding hydrogens is 500 g/mol. The van der Waals surface area contributed by atoms with Crippen LogP contribution in [-0.2, 0) is 10.0 Å². The smallest absolute Gasteiger partial charge is 0.211 e. The Balaban J connectivity index is 1.18. The fraction of sp³-hybridized carbons (Fsp3) is 0.429. The third kappa shape index (κ3) is 4.95. The maximum absolute atomic E-state index is 11.8. The van der Waals surface area contributed by atoms with E-state index in [0.29, 0.717) is 25.2 Å². The molecule has 6 rings (SSSR count). The van der Waals surface area contributed by atoms with Crippen LogP contribution < -0.4 is 10.1 Å². The Hall–Kier alpha value is -3.21. The maximum atomic E-state index is 11.8.